The van der Waals surface area contributed by atoms with Gasteiger partial charge in [-0.1, -0.05) is 6.07 Å². The zero-order valence-corrected chi connectivity index (χ0v) is 15.7. The van der Waals surface area contributed by atoms with Crippen LogP contribution >= 0.6 is 0 Å². The van der Waals surface area contributed by atoms with Gasteiger partial charge >= 0.3 is 6.36 Å². The lowest BCUT2D eigenvalue weighted by Gasteiger charge is -2.26. The number of ether oxygens (including phenoxy) is 1. The van der Waals surface area contributed by atoms with Crippen LogP contribution < -0.4 is 15.4 Å². The van der Waals surface area contributed by atoms with Crippen LogP contribution in [-0.4, -0.2) is 43.6 Å². The van der Waals surface area contributed by atoms with Gasteiger partial charge in [0.1, 0.15) is 23.1 Å². The third kappa shape index (κ3) is 5.03. The van der Waals surface area contributed by atoms with Crippen LogP contribution in [0.15, 0.2) is 36.8 Å². The Morgan fingerprint density at radius 3 is 2.63 bits per heavy atom. The van der Waals surface area contributed by atoms with E-state index in [0.29, 0.717) is 28.5 Å². The first-order valence-corrected chi connectivity index (χ1v) is 9.41. The standard InChI is InChI=1S/C19H19F3N6O2/c20-19(21,22)30-14-3-1-2-12(8-14)26-17-16-15(24-10-25-17)9-23-18(28-16)27-11-4-6-13(29)7-5-11/h1-3,8-11,13,29H,4-7H2,(H,23,27,28)(H,24,25,26). The van der Waals surface area contributed by atoms with E-state index in [1.54, 1.807) is 12.3 Å². The van der Waals surface area contributed by atoms with E-state index in [0.717, 1.165) is 25.7 Å². The van der Waals surface area contributed by atoms with Crippen LogP contribution in [0.5, 0.6) is 5.75 Å². The van der Waals surface area contributed by atoms with Gasteiger partial charge < -0.3 is 20.5 Å². The molecule has 0 radical (unpaired) electrons. The normalized spacial score (nSPS) is 19.5. The Hall–Kier alpha value is -3.21. The van der Waals surface area contributed by atoms with Crippen molar-refractivity contribution >= 4 is 28.5 Å². The van der Waals surface area contributed by atoms with Gasteiger partial charge in [0.15, 0.2) is 5.82 Å². The monoisotopic (exact) mass is 420 g/mol. The first kappa shape index (κ1) is 20.1. The molecule has 1 saturated carbocycles. The van der Waals surface area contributed by atoms with E-state index in [2.05, 4.69) is 35.3 Å². The highest BCUT2D eigenvalue weighted by atomic mass is 19.4. The van der Waals surface area contributed by atoms with Gasteiger partial charge in [0, 0.05) is 17.8 Å². The molecular weight excluding hydrogens is 401 g/mol. The second kappa shape index (κ2) is 8.27. The molecule has 3 N–H and O–H groups in total. The van der Waals surface area contributed by atoms with Crippen LogP contribution in [0.3, 0.4) is 0 Å². The fourth-order valence-electron chi connectivity index (χ4n) is 3.33. The fraction of sp³-hybridized carbons (Fsp3) is 0.368. The van der Waals surface area contributed by atoms with Crippen molar-refractivity contribution in [1.82, 2.24) is 19.9 Å². The molecule has 1 aliphatic carbocycles. The summed E-state index contributed by atoms with van der Waals surface area (Å²) in [6.45, 7) is 0. The van der Waals surface area contributed by atoms with Crippen LogP contribution in [0.4, 0.5) is 30.6 Å². The molecule has 1 aliphatic rings. The molecule has 0 bridgehead atoms. The molecule has 0 atom stereocenters. The average Bonchev–Trinajstić information content (AvgIpc) is 2.69. The van der Waals surface area contributed by atoms with Gasteiger partial charge in [0.25, 0.3) is 0 Å². The molecule has 0 saturated heterocycles. The maximum Gasteiger partial charge on any atom is 0.573 e. The van der Waals surface area contributed by atoms with E-state index in [-0.39, 0.29) is 17.9 Å². The van der Waals surface area contributed by atoms with Crippen molar-refractivity contribution in [2.45, 2.75) is 44.2 Å². The zero-order chi connectivity index (χ0) is 21.1. The Kier molecular flexibility index (Phi) is 5.53. The number of rotatable bonds is 5. The minimum atomic E-state index is -4.77. The number of aliphatic hydroxyl groups excluding tert-OH is 1. The Bertz CT molecular complexity index is 1020. The molecule has 8 nitrogen and oxygen atoms in total. The van der Waals surface area contributed by atoms with Crippen molar-refractivity contribution in [2.24, 2.45) is 0 Å². The summed E-state index contributed by atoms with van der Waals surface area (Å²) in [5, 5.41) is 15.9. The van der Waals surface area contributed by atoms with E-state index in [1.807, 2.05) is 0 Å². The highest BCUT2D eigenvalue weighted by molar-refractivity contribution is 5.87. The molecule has 30 heavy (non-hydrogen) atoms. The van der Waals surface area contributed by atoms with Gasteiger partial charge in [0.2, 0.25) is 5.95 Å². The van der Waals surface area contributed by atoms with Gasteiger partial charge in [0.05, 0.1) is 12.3 Å². The molecule has 0 spiro atoms. The predicted molar refractivity (Wildman–Crippen MR) is 103 cm³/mol. The molecule has 4 rings (SSSR count). The van der Waals surface area contributed by atoms with Crippen molar-refractivity contribution in [3.8, 4) is 5.75 Å². The smallest absolute Gasteiger partial charge is 0.406 e. The lowest BCUT2D eigenvalue weighted by molar-refractivity contribution is -0.274. The van der Waals surface area contributed by atoms with Crippen molar-refractivity contribution in [3.05, 3.63) is 36.8 Å². The van der Waals surface area contributed by atoms with E-state index in [9.17, 15) is 18.3 Å². The maximum atomic E-state index is 12.5. The molecule has 1 fully saturated rings. The van der Waals surface area contributed by atoms with Crippen molar-refractivity contribution in [1.29, 1.82) is 0 Å². The van der Waals surface area contributed by atoms with Gasteiger partial charge in [-0.05, 0) is 37.8 Å². The number of alkyl halides is 3. The van der Waals surface area contributed by atoms with Crippen LogP contribution in [0.25, 0.3) is 11.0 Å². The topological polar surface area (TPSA) is 105 Å². The van der Waals surface area contributed by atoms with E-state index >= 15 is 0 Å². The van der Waals surface area contributed by atoms with Crippen LogP contribution in [-0.2, 0) is 0 Å². The number of hydrogen-bond donors (Lipinski definition) is 3. The molecule has 1 aromatic carbocycles. The average molecular weight is 420 g/mol. The summed E-state index contributed by atoms with van der Waals surface area (Å²) in [6, 6.07) is 5.61. The highest BCUT2D eigenvalue weighted by Gasteiger charge is 2.31. The third-order valence-electron chi connectivity index (χ3n) is 4.74. The Balaban J connectivity index is 1.56. The summed E-state index contributed by atoms with van der Waals surface area (Å²) in [5.74, 6) is 0.381. The summed E-state index contributed by atoms with van der Waals surface area (Å²) < 4.78 is 41.3. The number of anilines is 3. The van der Waals surface area contributed by atoms with Crippen LogP contribution in [0.2, 0.25) is 0 Å². The lowest BCUT2D eigenvalue weighted by atomic mass is 9.93. The van der Waals surface area contributed by atoms with Gasteiger partial charge in [-0.25, -0.2) is 19.9 Å². The van der Waals surface area contributed by atoms with E-state index in [1.165, 1.54) is 24.5 Å². The third-order valence-corrected chi connectivity index (χ3v) is 4.74. The Morgan fingerprint density at radius 1 is 1.07 bits per heavy atom. The zero-order valence-electron chi connectivity index (χ0n) is 15.7. The minimum Gasteiger partial charge on any atom is -0.406 e. The number of aliphatic hydroxyl groups is 1. The van der Waals surface area contributed by atoms with Crippen LogP contribution in [0.1, 0.15) is 25.7 Å². The van der Waals surface area contributed by atoms with Gasteiger partial charge in [-0.2, -0.15) is 0 Å². The molecular formula is C19H19F3N6O2. The first-order chi connectivity index (χ1) is 14.4. The number of nitrogens with one attached hydrogen (secondary N) is 2. The number of fused-ring (bicyclic) bond motifs is 1. The SMILES string of the molecule is OC1CCC(Nc2ncc3ncnc(Nc4cccc(OC(F)(F)F)c4)c3n2)CC1. The van der Waals surface area contributed by atoms with Crippen LogP contribution in [0, 0.1) is 0 Å². The van der Waals surface area contributed by atoms with Gasteiger partial charge in [-0.3, -0.25) is 0 Å². The van der Waals surface area contributed by atoms with E-state index < -0.39 is 6.36 Å². The molecule has 2 heterocycles. The summed E-state index contributed by atoms with van der Waals surface area (Å²) in [7, 11) is 0. The summed E-state index contributed by atoms with van der Waals surface area (Å²) >= 11 is 0. The maximum absolute atomic E-state index is 12.5. The van der Waals surface area contributed by atoms with Crippen molar-refractivity contribution in [2.75, 3.05) is 10.6 Å². The fourth-order valence-corrected chi connectivity index (χ4v) is 3.33. The molecule has 0 aliphatic heterocycles. The highest BCUT2D eigenvalue weighted by Crippen LogP contribution is 2.28. The summed E-state index contributed by atoms with van der Waals surface area (Å²) in [5.41, 5.74) is 1.26. The Morgan fingerprint density at radius 2 is 1.87 bits per heavy atom. The minimum absolute atomic E-state index is 0.156. The molecule has 158 valence electrons. The Labute approximate surface area is 169 Å². The van der Waals surface area contributed by atoms with Crippen molar-refractivity contribution < 1.29 is 23.0 Å². The van der Waals surface area contributed by atoms with Gasteiger partial charge in [-0.15, -0.1) is 13.2 Å². The quantitative estimate of drug-likeness (QED) is 0.573. The summed E-state index contributed by atoms with van der Waals surface area (Å²) in [4.78, 5) is 17.1. The first-order valence-electron chi connectivity index (χ1n) is 9.41. The lowest BCUT2D eigenvalue weighted by Crippen LogP contribution is -2.28. The van der Waals surface area contributed by atoms with E-state index in [4.69, 9.17) is 0 Å². The number of benzene rings is 1. The molecule has 3 aromatic rings. The second-order valence-electron chi connectivity index (χ2n) is 7.00. The molecule has 11 heteroatoms. The summed E-state index contributed by atoms with van der Waals surface area (Å²) in [6.07, 6.45) is 0.897. The predicted octanol–water partition coefficient (Wildman–Crippen LogP) is 3.78. The number of nitrogens with zero attached hydrogens (tertiary/aromatic N) is 4. The number of aromatic nitrogens is 4. The molecule has 2 aromatic heterocycles. The second-order valence-corrected chi connectivity index (χ2v) is 7.00. The largest absolute Gasteiger partial charge is 0.573 e. The number of hydrogen-bond acceptors (Lipinski definition) is 8. The van der Waals surface area contributed by atoms with Crippen molar-refractivity contribution in [3.63, 3.8) is 0 Å². The number of halogens is 3. The molecule has 0 amide bonds. The molecule has 0 unspecified atom stereocenters.